The van der Waals surface area contributed by atoms with E-state index in [0.717, 1.165) is 0 Å². The number of para-hydroxylation sites is 1. The largest absolute Gasteiger partial charge is 0.380 e. The van der Waals surface area contributed by atoms with E-state index >= 15 is 0 Å². The van der Waals surface area contributed by atoms with Crippen molar-refractivity contribution in [2.75, 3.05) is 11.9 Å². The van der Waals surface area contributed by atoms with Crippen molar-refractivity contribution in [1.29, 1.82) is 0 Å². The molecule has 88 valence electrons. The van der Waals surface area contributed by atoms with Crippen LogP contribution in [0.3, 0.4) is 0 Å². The zero-order valence-electron chi connectivity index (χ0n) is 9.20. The van der Waals surface area contributed by atoms with Crippen molar-refractivity contribution in [3.63, 3.8) is 0 Å². The van der Waals surface area contributed by atoms with Crippen molar-refractivity contribution in [3.8, 4) is 0 Å². The minimum atomic E-state index is -3.41. The van der Waals surface area contributed by atoms with Crippen LogP contribution in [0.4, 0.5) is 10.1 Å². The van der Waals surface area contributed by atoms with Crippen molar-refractivity contribution in [1.82, 2.24) is 0 Å². The van der Waals surface area contributed by atoms with Crippen molar-refractivity contribution >= 4 is 15.5 Å². The Bertz CT molecular complexity index is 511. The maximum Gasteiger partial charge on any atom is 0.185 e. The Morgan fingerprint density at radius 2 is 2.12 bits per heavy atom. The van der Waals surface area contributed by atoms with Gasteiger partial charge in [0.1, 0.15) is 5.82 Å². The third-order valence-corrected chi connectivity index (χ3v) is 5.37. The Balaban J connectivity index is 2.60. The van der Waals surface area contributed by atoms with Gasteiger partial charge >= 0.3 is 0 Å². The Labute approximate surface area is 94.6 Å². The number of hydrogen-bond donors (Lipinski definition) is 1. The van der Waals surface area contributed by atoms with E-state index in [1.54, 1.807) is 0 Å². The minimum Gasteiger partial charge on any atom is -0.380 e. The molecule has 0 aliphatic carbocycles. The quantitative estimate of drug-likeness (QED) is 0.821. The highest BCUT2D eigenvalue weighted by Crippen LogP contribution is 2.33. The summed E-state index contributed by atoms with van der Waals surface area (Å²) in [5, 5.41) is 2.38. The number of sulfone groups is 1. The van der Waals surface area contributed by atoms with Crippen LogP contribution in [0.15, 0.2) is 23.1 Å². The van der Waals surface area contributed by atoms with Crippen molar-refractivity contribution in [2.24, 2.45) is 5.92 Å². The summed E-state index contributed by atoms with van der Waals surface area (Å²) in [6, 6.07) is 4.14. The first-order valence-corrected chi connectivity index (χ1v) is 6.75. The lowest BCUT2D eigenvalue weighted by Crippen LogP contribution is -2.38. The average molecular weight is 243 g/mol. The number of anilines is 1. The summed E-state index contributed by atoms with van der Waals surface area (Å²) in [5.41, 5.74) is 0.111. The summed E-state index contributed by atoms with van der Waals surface area (Å²) in [7, 11) is -3.41. The second kappa shape index (κ2) is 3.73. The third kappa shape index (κ3) is 1.59. The number of halogens is 1. The zero-order valence-corrected chi connectivity index (χ0v) is 10.0. The maximum absolute atomic E-state index is 13.4. The highest BCUT2D eigenvalue weighted by Gasteiger charge is 2.36. The Hall–Kier alpha value is -1.10. The van der Waals surface area contributed by atoms with Crippen LogP contribution >= 0.6 is 0 Å². The lowest BCUT2D eigenvalue weighted by atomic mass is 10.1. The lowest BCUT2D eigenvalue weighted by Gasteiger charge is -2.28. The first-order valence-electron chi connectivity index (χ1n) is 5.21. The maximum atomic E-state index is 13.4. The molecule has 16 heavy (non-hydrogen) atoms. The average Bonchev–Trinajstić information content (AvgIpc) is 2.18. The Kier molecular flexibility index (Phi) is 2.66. The molecule has 1 unspecified atom stereocenters. The fraction of sp³-hybridized carbons (Fsp3) is 0.455. The fourth-order valence-electron chi connectivity index (χ4n) is 1.98. The SMILES string of the molecule is CC(C)C1CNc2c(F)cccc2S1(=O)=O. The second-order valence-electron chi connectivity index (χ2n) is 4.32. The number of rotatable bonds is 1. The number of nitrogens with one attached hydrogen (secondary N) is 1. The molecule has 2 rings (SSSR count). The van der Waals surface area contributed by atoms with E-state index < -0.39 is 20.9 Å². The Morgan fingerprint density at radius 1 is 1.44 bits per heavy atom. The number of fused-ring (bicyclic) bond motifs is 1. The first-order chi connectivity index (χ1) is 7.44. The summed E-state index contributed by atoms with van der Waals surface area (Å²) >= 11 is 0. The third-order valence-electron chi connectivity index (χ3n) is 2.90. The van der Waals surface area contributed by atoms with Gasteiger partial charge in [-0.2, -0.15) is 0 Å². The standard InChI is InChI=1S/C11H14FNO2S/c1-7(2)10-6-13-11-8(12)4-3-5-9(11)16(10,14)15/h3-5,7,10,13H,6H2,1-2H3. The van der Waals surface area contributed by atoms with Crippen LogP contribution in [-0.4, -0.2) is 20.2 Å². The summed E-state index contributed by atoms with van der Waals surface area (Å²) in [6.45, 7) is 3.98. The highest BCUT2D eigenvalue weighted by molar-refractivity contribution is 7.92. The molecule has 0 saturated heterocycles. The fourth-order valence-corrected chi connectivity index (χ4v) is 4.05. The molecule has 1 heterocycles. The van der Waals surface area contributed by atoms with Gasteiger partial charge in [-0.1, -0.05) is 19.9 Å². The van der Waals surface area contributed by atoms with Gasteiger partial charge in [0.05, 0.1) is 15.8 Å². The summed E-state index contributed by atoms with van der Waals surface area (Å²) in [4.78, 5) is 0.0810. The molecule has 0 radical (unpaired) electrons. The molecule has 0 fully saturated rings. The second-order valence-corrected chi connectivity index (χ2v) is 6.46. The zero-order chi connectivity index (χ0) is 11.9. The van der Waals surface area contributed by atoms with Gasteiger partial charge in [0, 0.05) is 6.54 Å². The van der Waals surface area contributed by atoms with Crippen LogP contribution in [0.5, 0.6) is 0 Å². The molecular formula is C11H14FNO2S. The first kappa shape index (κ1) is 11.4. The molecule has 5 heteroatoms. The van der Waals surface area contributed by atoms with Crippen LogP contribution in [0.1, 0.15) is 13.8 Å². The molecule has 1 N–H and O–H groups in total. The van der Waals surface area contributed by atoms with Crippen LogP contribution in [-0.2, 0) is 9.84 Å². The van der Waals surface area contributed by atoms with Crippen molar-refractivity contribution in [3.05, 3.63) is 24.0 Å². The van der Waals surface area contributed by atoms with Gasteiger partial charge in [0.25, 0.3) is 0 Å². The van der Waals surface area contributed by atoms with Gasteiger partial charge in [0.15, 0.2) is 9.84 Å². The molecule has 1 atom stereocenters. The molecule has 0 bridgehead atoms. The lowest BCUT2D eigenvalue weighted by molar-refractivity contribution is 0.529. The molecule has 0 spiro atoms. The van der Waals surface area contributed by atoms with Crippen LogP contribution < -0.4 is 5.32 Å². The van der Waals surface area contributed by atoms with E-state index in [4.69, 9.17) is 0 Å². The Morgan fingerprint density at radius 3 is 2.75 bits per heavy atom. The predicted octanol–water partition coefficient (Wildman–Crippen LogP) is 2.05. The minimum absolute atomic E-state index is 0.00826. The summed E-state index contributed by atoms with van der Waals surface area (Å²) in [6.07, 6.45) is 0. The monoisotopic (exact) mass is 243 g/mol. The molecule has 1 aliphatic rings. The van der Waals surface area contributed by atoms with E-state index in [-0.39, 0.29) is 23.0 Å². The van der Waals surface area contributed by atoms with Gasteiger partial charge in [0.2, 0.25) is 0 Å². The summed E-state index contributed by atoms with van der Waals surface area (Å²) in [5.74, 6) is -0.503. The topological polar surface area (TPSA) is 46.2 Å². The van der Waals surface area contributed by atoms with E-state index in [1.807, 2.05) is 13.8 Å². The van der Waals surface area contributed by atoms with Gasteiger partial charge in [-0.3, -0.25) is 0 Å². The molecule has 1 aromatic carbocycles. The number of benzene rings is 1. The number of hydrogen-bond acceptors (Lipinski definition) is 3. The molecule has 0 saturated carbocycles. The smallest absolute Gasteiger partial charge is 0.185 e. The van der Waals surface area contributed by atoms with Crippen LogP contribution in [0.2, 0.25) is 0 Å². The normalized spacial score (nSPS) is 22.6. The van der Waals surface area contributed by atoms with Crippen LogP contribution in [0, 0.1) is 11.7 Å². The van der Waals surface area contributed by atoms with Gasteiger partial charge in [-0.25, -0.2) is 12.8 Å². The van der Waals surface area contributed by atoms with Gasteiger partial charge in [-0.15, -0.1) is 0 Å². The molecule has 0 aromatic heterocycles. The van der Waals surface area contributed by atoms with Gasteiger partial charge in [-0.05, 0) is 18.1 Å². The molecule has 0 amide bonds. The van der Waals surface area contributed by atoms with Crippen molar-refractivity contribution < 1.29 is 12.8 Å². The molecule has 1 aliphatic heterocycles. The van der Waals surface area contributed by atoms with E-state index in [9.17, 15) is 12.8 Å². The molecular weight excluding hydrogens is 229 g/mol. The van der Waals surface area contributed by atoms with E-state index in [0.29, 0.717) is 0 Å². The van der Waals surface area contributed by atoms with Crippen molar-refractivity contribution in [2.45, 2.75) is 24.0 Å². The van der Waals surface area contributed by atoms with E-state index in [1.165, 1.54) is 18.2 Å². The predicted molar refractivity (Wildman–Crippen MR) is 60.7 cm³/mol. The molecule has 1 aromatic rings. The van der Waals surface area contributed by atoms with E-state index in [2.05, 4.69) is 5.32 Å². The summed E-state index contributed by atoms with van der Waals surface area (Å²) < 4.78 is 37.8. The highest BCUT2D eigenvalue weighted by atomic mass is 32.2. The van der Waals surface area contributed by atoms with Gasteiger partial charge < -0.3 is 5.32 Å². The molecule has 3 nitrogen and oxygen atoms in total. The van der Waals surface area contributed by atoms with Crippen LogP contribution in [0.25, 0.3) is 0 Å².